The molecule has 3 aromatic rings. The Labute approximate surface area is 224 Å². The SMILES string of the molecule is COC(=O)CCC1=C(C)c2cc3nc(c(C)c4[nH]c(cc5[nH]c(cc1n2)c(C)c5C)c(C)c4C)CC3(C)C. The van der Waals surface area contributed by atoms with E-state index in [4.69, 9.17) is 14.7 Å². The number of aromatic amines is 2. The first-order valence-electron chi connectivity index (χ1n) is 13.4. The maximum absolute atomic E-state index is 12.0. The molecular weight excluding hydrogens is 472 g/mol. The summed E-state index contributed by atoms with van der Waals surface area (Å²) in [5.74, 6) is -0.216. The zero-order valence-corrected chi connectivity index (χ0v) is 24.1. The Hall–Kier alpha value is -3.67. The van der Waals surface area contributed by atoms with Gasteiger partial charge in [-0.3, -0.25) is 9.78 Å². The van der Waals surface area contributed by atoms with Gasteiger partial charge in [0.05, 0.1) is 18.5 Å². The van der Waals surface area contributed by atoms with Crippen LogP contribution in [0.25, 0.3) is 33.2 Å². The minimum atomic E-state index is -0.216. The van der Waals surface area contributed by atoms with Crippen molar-refractivity contribution in [1.29, 1.82) is 0 Å². The molecule has 5 heterocycles. The number of hydrogen-bond donors (Lipinski definition) is 2. The highest BCUT2D eigenvalue weighted by Gasteiger charge is 2.31. The number of allylic oxidation sites excluding steroid dienone is 2. The summed E-state index contributed by atoms with van der Waals surface area (Å²) >= 11 is 0. The Morgan fingerprint density at radius 1 is 0.842 bits per heavy atom. The summed E-state index contributed by atoms with van der Waals surface area (Å²) in [6.07, 6.45) is 1.76. The van der Waals surface area contributed by atoms with Crippen LogP contribution in [0.3, 0.4) is 0 Å². The van der Waals surface area contributed by atoms with Crippen LogP contribution in [-0.4, -0.2) is 33.0 Å². The second-order valence-corrected chi connectivity index (χ2v) is 11.5. The number of aryl methyl sites for hydroxylation is 5. The van der Waals surface area contributed by atoms with Gasteiger partial charge in [0.15, 0.2) is 0 Å². The quantitative estimate of drug-likeness (QED) is 0.363. The zero-order chi connectivity index (χ0) is 27.5. The normalized spacial score (nSPS) is 14.8. The van der Waals surface area contributed by atoms with Gasteiger partial charge in [-0.05, 0) is 105 Å². The Balaban J connectivity index is 1.90. The first kappa shape index (κ1) is 26.0. The number of carbonyl (C=O) groups excluding carboxylic acids is 1. The van der Waals surface area contributed by atoms with Gasteiger partial charge in [0.2, 0.25) is 0 Å². The van der Waals surface area contributed by atoms with Crippen molar-refractivity contribution in [2.45, 2.75) is 80.1 Å². The molecule has 198 valence electrons. The number of fused-ring (bicyclic) bond motifs is 8. The Morgan fingerprint density at radius 3 is 2.16 bits per heavy atom. The predicted octanol–water partition coefficient (Wildman–Crippen LogP) is 7.26. The van der Waals surface area contributed by atoms with E-state index in [2.05, 4.69) is 83.6 Å². The highest BCUT2D eigenvalue weighted by Crippen LogP contribution is 2.37. The van der Waals surface area contributed by atoms with Crippen molar-refractivity contribution in [3.8, 4) is 0 Å². The average Bonchev–Trinajstić information content (AvgIpc) is 3.52. The first-order chi connectivity index (χ1) is 17.9. The predicted molar refractivity (Wildman–Crippen MR) is 155 cm³/mol. The highest BCUT2D eigenvalue weighted by atomic mass is 16.5. The van der Waals surface area contributed by atoms with Crippen LogP contribution in [0.5, 0.6) is 0 Å². The van der Waals surface area contributed by atoms with Gasteiger partial charge in [-0.2, -0.15) is 0 Å². The lowest BCUT2D eigenvalue weighted by Crippen LogP contribution is -2.15. The molecule has 6 heteroatoms. The summed E-state index contributed by atoms with van der Waals surface area (Å²) < 4.78 is 4.93. The fourth-order valence-corrected chi connectivity index (χ4v) is 5.63. The van der Waals surface area contributed by atoms with Crippen LogP contribution in [0.2, 0.25) is 0 Å². The molecule has 0 aromatic carbocycles. The summed E-state index contributed by atoms with van der Waals surface area (Å²) in [6, 6.07) is 6.48. The third-order valence-corrected chi connectivity index (χ3v) is 8.64. The molecule has 0 amide bonds. The van der Waals surface area contributed by atoms with Crippen LogP contribution in [-0.2, 0) is 21.4 Å². The number of H-pyrrole nitrogens is 2. The number of aromatic nitrogens is 4. The molecule has 0 radical (unpaired) electrons. The van der Waals surface area contributed by atoms with E-state index in [-0.39, 0.29) is 11.4 Å². The number of carbonyl (C=O) groups is 1. The molecule has 0 spiro atoms. The summed E-state index contributed by atoms with van der Waals surface area (Å²) in [5, 5.41) is 0. The largest absolute Gasteiger partial charge is 0.469 e. The van der Waals surface area contributed by atoms with Crippen LogP contribution in [0.4, 0.5) is 0 Å². The highest BCUT2D eigenvalue weighted by molar-refractivity contribution is 5.93. The summed E-state index contributed by atoms with van der Waals surface area (Å²) in [4.78, 5) is 29.6. The lowest BCUT2D eigenvalue weighted by Gasteiger charge is -2.16. The molecule has 6 nitrogen and oxygen atoms in total. The molecule has 2 aliphatic rings. The molecule has 38 heavy (non-hydrogen) atoms. The van der Waals surface area contributed by atoms with Crippen LogP contribution < -0.4 is 0 Å². The van der Waals surface area contributed by atoms with Crippen LogP contribution in [0.1, 0.15) is 84.2 Å². The zero-order valence-electron chi connectivity index (χ0n) is 24.1. The lowest BCUT2D eigenvalue weighted by molar-refractivity contribution is -0.140. The molecule has 0 aliphatic carbocycles. The molecule has 0 fully saturated rings. The molecule has 0 saturated heterocycles. The van der Waals surface area contributed by atoms with E-state index in [9.17, 15) is 4.79 Å². The molecular formula is C32H38N4O2. The van der Waals surface area contributed by atoms with Crippen molar-refractivity contribution in [1.82, 2.24) is 19.9 Å². The topological polar surface area (TPSA) is 83.7 Å². The fourth-order valence-electron chi connectivity index (χ4n) is 5.63. The molecule has 2 aliphatic heterocycles. The molecule has 0 saturated carbocycles. The van der Waals surface area contributed by atoms with E-state index in [1.807, 2.05) is 0 Å². The van der Waals surface area contributed by atoms with Gasteiger partial charge in [-0.25, -0.2) is 4.98 Å². The minimum Gasteiger partial charge on any atom is -0.469 e. The van der Waals surface area contributed by atoms with Gasteiger partial charge < -0.3 is 14.7 Å². The van der Waals surface area contributed by atoms with Crippen molar-refractivity contribution >= 4 is 39.2 Å². The van der Waals surface area contributed by atoms with E-state index in [1.54, 1.807) is 0 Å². The number of nitrogens with one attached hydrogen (secondary N) is 2. The van der Waals surface area contributed by atoms with Crippen LogP contribution in [0, 0.1) is 34.6 Å². The van der Waals surface area contributed by atoms with E-state index in [1.165, 1.54) is 34.9 Å². The van der Waals surface area contributed by atoms with E-state index in [0.29, 0.717) is 12.8 Å². The maximum atomic E-state index is 12.0. The Bertz CT molecular complexity index is 1680. The van der Waals surface area contributed by atoms with Crippen molar-refractivity contribution in [3.63, 3.8) is 0 Å². The van der Waals surface area contributed by atoms with Crippen molar-refractivity contribution < 1.29 is 9.53 Å². The maximum Gasteiger partial charge on any atom is 0.305 e. The first-order valence-corrected chi connectivity index (χ1v) is 13.4. The smallest absolute Gasteiger partial charge is 0.305 e. The van der Waals surface area contributed by atoms with Crippen molar-refractivity contribution in [2.75, 3.05) is 7.11 Å². The second-order valence-electron chi connectivity index (χ2n) is 11.5. The van der Waals surface area contributed by atoms with Crippen LogP contribution in [0.15, 0.2) is 18.2 Å². The van der Waals surface area contributed by atoms with E-state index < -0.39 is 0 Å². The molecule has 0 atom stereocenters. The van der Waals surface area contributed by atoms with Crippen molar-refractivity contribution in [2.24, 2.45) is 0 Å². The molecule has 0 unspecified atom stereocenters. The third kappa shape index (κ3) is 4.26. The summed E-state index contributed by atoms with van der Waals surface area (Å²) in [7, 11) is 1.43. The van der Waals surface area contributed by atoms with Gasteiger partial charge >= 0.3 is 5.97 Å². The molecule has 2 N–H and O–H groups in total. The molecule has 3 aromatic heterocycles. The number of methoxy groups -OCH3 is 1. The van der Waals surface area contributed by atoms with Crippen LogP contribution >= 0.6 is 0 Å². The summed E-state index contributed by atoms with van der Waals surface area (Å²) in [6.45, 7) is 17.4. The molecule has 8 bridgehead atoms. The van der Waals surface area contributed by atoms with Gasteiger partial charge in [0.25, 0.3) is 0 Å². The number of rotatable bonds is 3. The number of hydrogen-bond acceptors (Lipinski definition) is 4. The average molecular weight is 511 g/mol. The van der Waals surface area contributed by atoms with Gasteiger partial charge in [-0.15, -0.1) is 0 Å². The Morgan fingerprint density at radius 2 is 1.47 bits per heavy atom. The standard InChI is InChI=1S/C32H38N4O2/c1-16-17(2)24-13-27-22(10-11-30(37)38-9)20(5)26(34-27)14-29-32(7,8)15-28(35-29)21(6)31-19(4)18(3)25(36-31)12-23(16)33-24/h12-14,33,36H,10-11,15H2,1-9H3. The van der Waals surface area contributed by atoms with Crippen molar-refractivity contribution in [3.05, 3.63) is 68.8 Å². The second kappa shape index (κ2) is 9.26. The number of nitrogens with zero attached hydrogens (tertiary/aromatic N) is 2. The lowest BCUT2D eigenvalue weighted by atomic mass is 9.86. The minimum absolute atomic E-state index is 0.113. The monoisotopic (exact) mass is 510 g/mol. The Kier molecular flexibility index (Phi) is 6.33. The van der Waals surface area contributed by atoms with Gasteiger partial charge in [0.1, 0.15) is 0 Å². The number of esters is 1. The fraction of sp³-hybridized carbons (Fsp3) is 0.406. The van der Waals surface area contributed by atoms with Gasteiger partial charge in [-0.1, -0.05) is 13.8 Å². The summed E-state index contributed by atoms with van der Waals surface area (Å²) in [5.41, 5.74) is 16.5. The van der Waals surface area contributed by atoms with E-state index >= 15 is 0 Å². The van der Waals surface area contributed by atoms with Gasteiger partial charge in [0, 0.05) is 51.7 Å². The number of ether oxygens (including phenoxy) is 1. The molecule has 5 rings (SSSR count). The van der Waals surface area contributed by atoms with E-state index in [0.717, 1.165) is 62.4 Å². The third-order valence-electron chi connectivity index (χ3n) is 8.64.